The predicted molar refractivity (Wildman–Crippen MR) is 50.7 cm³/mol. The maximum Gasteiger partial charge on any atom is 0.293 e. The van der Waals surface area contributed by atoms with Gasteiger partial charge in [-0.05, 0) is 20.3 Å². The van der Waals surface area contributed by atoms with Crippen LogP contribution in [0.3, 0.4) is 0 Å². The van der Waals surface area contributed by atoms with E-state index in [9.17, 15) is 4.79 Å². The SMILES string of the molecule is CCOC1(OCC)CCC1COC=O. The zero-order valence-corrected chi connectivity index (χ0v) is 8.82. The monoisotopic (exact) mass is 202 g/mol. The molecule has 4 nitrogen and oxygen atoms in total. The van der Waals surface area contributed by atoms with E-state index in [-0.39, 0.29) is 5.92 Å². The van der Waals surface area contributed by atoms with E-state index in [2.05, 4.69) is 0 Å². The highest BCUT2D eigenvalue weighted by atomic mass is 16.7. The number of carbonyl (C=O) groups excluding carboxylic acids is 1. The summed E-state index contributed by atoms with van der Waals surface area (Å²) < 4.78 is 15.9. The van der Waals surface area contributed by atoms with E-state index in [4.69, 9.17) is 14.2 Å². The summed E-state index contributed by atoms with van der Waals surface area (Å²) in [6.45, 7) is 5.99. The molecule has 0 aromatic heterocycles. The van der Waals surface area contributed by atoms with Crippen LogP contribution in [0.25, 0.3) is 0 Å². The molecule has 4 heteroatoms. The van der Waals surface area contributed by atoms with Crippen molar-refractivity contribution in [1.29, 1.82) is 0 Å². The Morgan fingerprint density at radius 2 is 2.00 bits per heavy atom. The molecule has 0 aromatic carbocycles. The van der Waals surface area contributed by atoms with Gasteiger partial charge in [-0.25, -0.2) is 0 Å². The Kier molecular flexibility index (Phi) is 4.35. The molecule has 0 bridgehead atoms. The standard InChI is InChI=1S/C10H18O4/c1-3-13-10(14-4-2)6-5-9(10)7-12-8-11/h8-9H,3-7H2,1-2H3. The Morgan fingerprint density at radius 3 is 2.36 bits per heavy atom. The van der Waals surface area contributed by atoms with Crippen molar-refractivity contribution < 1.29 is 19.0 Å². The largest absolute Gasteiger partial charge is 0.467 e. The summed E-state index contributed by atoms with van der Waals surface area (Å²) in [7, 11) is 0. The normalized spacial score (nSPS) is 24.0. The summed E-state index contributed by atoms with van der Waals surface area (Å²) in [5.41, 5.74) is 0. The molecule has 0 saturated heterocycles. The smallest absolute Gasteiger partial charge is 0.293 e. The van der Waals surface area contributed by atoms with Crippen molar-refractivity contribution in [2.75, 3.05) is 19.8 Å². The van der Waals surface area contributed by atoms with E-state index >= 15 is 0 Å². The summed E-state index contributed by atoms with van der Waals surface area (Å²) >= 11 is 0. The van der Waals surface area contributed by atoms with E-state index in [1.54, 1.807) is 0 Å². The van der Waals surface area contributed by atoms with Crippen LogP contribution >= 0.6 is 0 Å². The lowest BCUT2D eigenvalue weighted by Crippen LogP contribution is -2.53. The van der Waals surface area contributed by atoms with Gasteiger partial charge in [0.25, 0.3) is 6.47 Å². The Morgan fingerprint density at radius 1 is 1.36 bits per heavy atom. The first-order valence-electron chi connectivity index (χ1n) is 5.12. The molecular formula is C10H18O4. The van der Waals surface area contributed by atoms with Crippen LogP contribution in [-0.2, 0) is 19.0 Å². The molecule has 0 N–H and O–H groups in total. The number of hydrogen-bond donors (Lipinski definition) is 0. The van der Waals surface area contributed by atoms with Gasteiger partial charge in [0.2, 0.25) is 0 Å². The van der Waals surface area contributed by atoms with Gasteiger partial charge in [0.15, 0.2) is 5.79 Å². The summed E-state index contributed by atoms with van der Waals surface area (Å²) in [5.74, 6) is -0.306. The highest BCUT2D eigenvalue weighted by Gasteiger charge is 2.49. The molecule has 0 radical (unpaired) electrons. The maximum atomic E-state index is 10.1. The summed E-state index contributed by atoms with van der Waals surface area (Å²) in [4.78, 5) is 10.1. The minimum Gasteiger partial charge on any atom is -0.467 e. The van der Waals surface area contributed by atoms with Crippen molar-refractivity contribution in [2.24, 2.45) is 5.92 Å². The fourth-order valence-electron chi connectivity index (χ4n) is 1.86. The molecule has 0 aromatic rings. The third kappa shape index (κ3) is 2.25. The van der Waals surface area contributed by atoms with Crippen LogP contribution < -0.4 is 0 Å². The van der Waals surface area contributed by atoms with Gasteiger partial charge in [0, 0.05) is 25.6 Å². The van der Waals surface area contributed by atoms with Gasteiger partial charge in [-0.2, -0.15) is 0 Å². The molecule has 0 spiro atoms. The van der Waals surface area contributed by atoms with Crippen LogP contribution in [0.15, 0.2) is 0 Å². The maximum absolute atomic E-state index is 10.1. The molecule has 1 unspecified atom stereocenters. The van der Waals surface area contributed by atoms with Crippen LogP contribution in [0.2, 0.25) is 0 Å². The number of hydrogen-bond acceptors (Lipinski definition) is 4. The average molecular weight is 202 g/mol. The summed E-state index contributed by atoms with van der Waals surface area (Å²) in [6.07, 6.45) is 1.88. The fraction of sp³-hybridized carbons (Fsp3) is 0.900. The zero-order valence-electron chi connectivity index (χ0n) is 8.82. The van der Waals surface area contributed by atoms with Gasteiger partial charge >= 0.3 is 0 Å². The first-order valence-corrected chi connectivity index (χ1v) is 5.12. The van der Waals surface area contributed by atoms with E-state index in [0.717, 1.165) is 12.8 Å². The molecule has 1 rings (SSSR count). The lowest BCUT2D eigenvalue weighted by atomic mass is 9.78. The molecule has 1 saturated carbocycles. The molecular weight excluding hydrogens is 184 g/mol. The van der Waals surface area contributed by atoms with E-state index < -0.39 is 5.79 Å². The minimum absolute atomic E-state index is 0.188. The molecule has 0 aliphatic heterocycles. The number of rotatable bonds is 7. The van der Waals surface area contributed by atoms with Gasteiger partial charge < -0.3 is 14.2 Å². The van der Waals surface area contributed by atoms with E-state index in [0.29, 0.717) is 26.3 Å². The highest BCUT2D eigenvalue weighted by molar-refractivity contribution is 5.37. The second kappa shape index (κ2) is 5.32. The van der Waals surface area contributed by atoms with Gasteiger partial charge in [-0.1, -0.05) is 0 Å². The molecule has 14 heavy (non-hydrogen) atoms. The first kappa shape index (κ1) is 11.5. The molecule has 82 valence electrons. The van der Waals surface area contributed by atoms with Gasteiger partial charge in [0.1, 0.15) is 0 Å². The average Bonchev–Trinajstić information content (AvgIpc) is 2.16. The van der Waals surface area contributed by atoms with Gasteiger partial charge in [-0.3, -0.25) is 4.79 Å². The Labute approximate surface area is 84.5 Å². The number of ether oxygens (including phenoxy) is 3. The second-order valence-electron chi connectivity index (χ2n) is 3.34. The predicted octanol–water partition coefficient (Wildman–Crippen LogP) is 1.34. The molecule has 1 atom stereocenters. The van der Waals surface area contributed by atoms with Crippen LogP contribution in [0.5, 0.6) is 0 Å². The van der Waals surface area contributed by atoms with Crippen molar-refractivity contribution in [3.05, 3.63) is 0 Å². The van der Waals surface area contributed by atoms with Crippen LogP contribution in [0.4, 0.5) is 0 Å². The van der Waals surface area contributed by atoms with Crippen molar-refractivity contribution in [1.82, 2.24) is 0 Å². The van der Waals surface area contributed by atoms with Crippen molar-refractivity contribution in [3.8, 4) is 0 Å². The number of carbonyl (C=O) groups is 1. The Balaban J connectivity index is 2.45. The molecule has 1 aliphatic carbocycles. The lowest BCUT2D eigenvalue weighted by molar-refractivity contribution is -0.312. The first-order chi connectivity index (χ1) is 6.79. The topological polar surface area (TPSA) is 44.8 Å². The van der Waals surface area contributed by atoms with E-state index in [1.807, 2.05) is 13.8 Å². The minimum atomic E-state index is -0.494. The quantitative estimate of drug-likeness (QED) is 0.461. The van der Waals surface area contributed by atoms with Gasteiger partial charge in [-0.15, -0.1) is 0 Å². The summed E-state index contributed by atoms with van der Waals surface area (Å²) in [6, 6.07) is 0. The van der Waals surface area contributed by atoms with Crippen LogP contribution in [0.1, 0.15) is 26.7 Å². The van der Waals surface area contributed by atoms with E-state index in [1.165, 1.54) is 0 Å². The van der Waals surface area contributed by atoms with Crippen LogP contribution in [-0.4, -0.2) is 32.1 Å². The lowest BCUT2D eigenvalue weighted by Gasteiger charge is -2.47. The highest BCUT2D eigenvalue weighted by Crippen LogP contribution is 2.42. The van der Waals surface area contributed by atoms with Crippen molar-refractivity contribution >= 4 is 6.47 Å². The van der Waals surface area contributed by atoms with Crippen LogP contribution in [0, 0.1) is 5.92 Å². The van der Waals surface area contributed by atoms with Crippen molar-refractivity contribution in [3.63, 3.8) is 0 Å². The van der Waals surface area contributed by atoms with Crippen molar-refractivity contribution in [2.45, 2.75) is 32.5 Å². The Hall–Kier alpha value is -0.610. The second-order valence-corrected chi connectivity index (χ2v) is 3.34. The summed E-state index contributed by atoms with van der Waals surface area (Å²) in [5, 5.41) is 0. The zero-order chi connectivity index (χ0) is 10.4. The third-order valence-corrected chi connectivity index (χ3v) is 2.61. The molecule has 1 aliphatic rings. The molecule has 0 amide bonds. The van der Waals surface area contributed by atoms with Gasteiger partial charge in [0.05, 0.1) is 6.61 Å². The fourth-order valence-corrected chi connectivity index (χ4v) is 1.86. The third-order valence-electron chi connectivity index (χ3n) is 2.61. The molecule has 1 fully saturated rings. The Bertz CT molecular complexity index is 175. The molecule has 0 heterocycles.